The molecule has 0 amide bonds. The maximum absolute atomic E-state index is 9.65. The molecule has 1 aromatic rings. The molecule has 0 aliphatic rings. The number of halogens is 1. The minimum absolute atomic E-state index is 0.526. The van der Waals surface area contributed by atoms with E-state index >= 15 is 0 Å². The Morgan fingerprint density at radius 3 is 2.65 bits per heavy atom. The molecule has 96 valence electrons. The van der Waals surface area contributed by atoms with Crippen LogP contribution in [0.5, 0.6) is 5.75 Å². The Balaban J connectivity index is 2.52. The molecule has 17 heavy (non-hydrogen) atoms. The highest BCUT2D eigenvalue weighted by atomic mass is 79.9. The topological polar surface area (TPSA) is 38.7 Å². The van der Waals surface area contributed by atoms with Crippen LogP contribution < -0.4 is 4.74 Å². The monoisotopic (exact) mass is 302 g/mol. The number of ether oxygens (including phenoxy) is 2. The maximum Gasteiger partial charge on any atom is 0.125 e. The van der Waals surface area contributed by atoms with Crippen molar-refractivity contribution in [3.8, 4) is 5.75 Å². The van der Waals surface area contributed by atoms with Crippen LogP contribution in [-0.4, -0.2) is 25.4 Å². The first kappa shape index (κ1) is 14.5. The Hall–Kier alpha value is -0.580. The summed E-state index contributed by atoms with van der Waals surface area (Å²) in [6.45, 7) is 3.14. The Morgan fingerprint density at radius 2 is 2.00 bits per heavy atom. The summed E-state index contributed by atoms with van der Waals surface area (Å²) in [5, 5.41) is 9.65. The van der Waals surface area contributed by atoms with Crippen LogP contribution in [0.15, 0.2) is 22.7 Å². The number of aliphatic hydroxyl groups excluding tert-OH is 1. The number of hydrogen-bond donors (Lipinski definition) is 1. The van der Waals surface area contributed by atoms with Crippen molar-refractivity contribution in [1.29, 1.82) is 0 Å². The van der Waals surface area contributed by atoms with Crippen LogP contribution in [0.2, 0.25) is 0 Å². The van der Waals surface area contributed by atoms with Gasteiger partial charge in [0.25, 0.3) is 0 Å². The van der Waals surface area contributed by atoms with Crippen LogP contribution in [0.4, 0.5) is 0 Å². The molecule has 0 aliphatic carbocycles. The van der Waals surface area contributed by atoms with E-state index in [1.54, 1.807) is 14.0 Å². The predicted molar refractivity (Wildman–Crippen MR) is 71.4 cm³/mol. The molecule has 0 fully saturated rings. The summed E-state index contributed by atoms with van der Waals surface area (Å²) in [7, 11) is 1.70. The minimum atomic E-state index is -0.526. The highest BCUT2D eigenvalue weighted by Crippen LogP contribution is 2.28. The molecule has 0 aliphatic heterocycles. The van der Waals surface area contributed by atoms with E-state index in [9.17, 15) is 5.11 Å². The van der Waals surface area contributed by atoms with Crippen LogP contribution in [-0.2, 0) is 4.74 Å². The molecule has 1 rings (SSSR count). The van der Waals surface area contributed by atoms with Crippen molar-refractivity contribution >= 4 is 15.9 Å². The number of hydrogen-bond acceptors (Lipinski definition) is 3. The van der Waals surface area contributed by atoms with Crippen molar-refractivity contribution in [2.75, 3.05) is 20.3 Å². The van der Waals surface area contributed by atoms with E-state index in [-0.39, 0.29) is 0 Å². The summed E-state index contributed by atoms with van der Waals surface area (Å²) in [6.07, 6.45) is 1.40. The number of unbranched alkanes of at least 4 members (excludes halogenated alkanes) is 1. The fourth-order valence-electron chi connectivity index (χ4n) is 1.51. The zero-order valence-corrected chi connectivity index (χ0v) is 11.9. The highest BCUT2D eigenvalue weighted by molar-refractivity contribution is 9.10. The summed E-state index contributed by atoms with van der Waals surface area (Å²) in [5.41, 5.74) is 0.811. The molecule has 0 radical (unpaired) electrons. The SMILES string of the molecule is COCCCCOc1ccc(Br)cc1[C@H](C)O. The molecule has 0 spiro atoms. The Bertz CT molecular complexity index is 339. The average Bonchev–Trinajstić information content (AvgIpc) is 2.30. The van der Waals surface area contributed by atoms with Gasteiger partial charge >= 0.3 is 0 Å². The lowest BCUT2D eigenvalue weighted by Crippen LogP contribution is -2.03. The molecule has 0 saturated carbocycles. The van der Waals surface area contributed by atoms with Crippen LogP contribution in [0.1, 0.15) is 31.4 Å². The maximum atomic E-state index is 9.65. The number of rotatable bonds is 7. The first-order valence-electron chi connectivity index (χ1n) is 5.74. The second-order valence-corrected chi connectivity index (χ2v) is 4.82. The molecule has 0 bridgehead atoms. The largest absolute Gasteiger partial charge is 0.493 e. The Kier molecular flexibility index (Phi) is 6.55. The van der Waals surface area contributed by atoms with E-state index in [0.29, 0.717) is 6.61 Å². The van der Waals surface area contributed by atoms with Gasteiger partial charge in [0.2, 0.25) is 0 Å². The molecule has 3 nitrogen and oxygen atoms in total. The first-order valence-corrected chi connectivity index (χ1v) is 6.53. The predicted octanol–water partition coefficient (Wildman–Crippen LogP) is 3.31. The summed E-state index contributed by atoms with van der Waals surface area (Å²) < 4.78 is 11.6. The van der Waals surface area contributed by atoms with E-state index < -0.39 is 6.10 Å². The van der Waals surface area contributed by atoms with Gasteiger partial charge < -0.3 is 14.6 Å². The third-order valence-electron chi connectivity index (χ3n) is 2.42. The van der Waals surface area contributed by atoms with Gasteiger partial charge in [-0.3, -0.25) is 0 Å². The first-order chi connectivity index (χ1) is 8.15. The number of benzene rings is 1. The van der Waals surface area contributed by atoms with E-state index in [4.69, 9.17) is 9.47 Å². The van der Waals surface area contributed by atoms with Crippen molar-refractivity contribution < 1.29 is 14.6 Å². The Morgan fingerprint density at radius 1 is 1.29 bits per heavy atom. The van der Waals surface area contributed by atoms with Crippen molar-refractivity contribution in [3.63, 3.8) is 0 Å². The summed E-state index contributed by atoms with van der Waals surface area (Å²) in [5.74, 6) is 0.751. The van der Waals surface area contributed by atoms with Crippen molar-refractivity contribution in [1.82, 2.24) is 0 Å². The van der Waals surface area contributed by atoms with Gasteiger partial charge in [0.05, 0.1) is 12.7 Å². The van der Waals surface area contributed by atoms with Crippen LogP contribution in [0.25, 0.3) is 0 Å². The van der Waals surface area contributed by atoms with E-state index in [1.165, 1.54) is 0 Å². The van der Waals surface area contributed by atoms with Gasteiger partial charge in [0.15, 0.2) is 0 Å². The zero-order valence-electron chi connectivity index (χ0n) is 10.3. The molecule has 0 saturated heterocycles. The fourth-order valence-corrected chi connectivity index (χ4v) is 1.89. The van der Waals surface area contributed by atoms with Crippen molar-refractivity contribution in [3.05, 3.63) is 28.2 Å². The van der Waals surface area contributed by atoms with Gasteiger partial charge in [-0.05, 0) is 38.0 Å². The van der Waals surface area contributed by atoms with Crippen molar-refractivity contribution in [2.45, 2.75) is 25.9 Å². The second-order valence-electron chi connectivity index (χ2n) is 3.91. The lowest BCUT2D eigenvalue weighted by atomic mass is 10.1. The molecular weight excluding hydrogens is 284 g/mol. The third kappa shape index (κ3) is 5.06. The van der Waals surface area contributed by atoms with Gasteiger partial charge in [-0.15, -0.1) is 0 Å². The lowest BCUT2D eigenvalue weighted by molar-refractivity contribution is 0.178. The third-order valence-corrected chi connectivity index (χ3v) is 2.92. The normalized spacial score (nSPS) is 12.5. The minimum Gasteiger partial charge on any atom is -0.493 e. The number of methoxy groups -OCH3 is 1. The van der Waals surface area contributed by atoms with E-state index in [1.807, 2.05) is 18.2 Å². The van der Waals surface area contributed by atoms with Crippen molar-refractivity contribution in [2.24, 2.45) is 0 Å². The molecule has 0 heterocycles. The number of aliphatic hydroxyl groups is 1. The van der Waals surface area contributed by atoms with Gasteiger partial charge in [-0.2, -0.15) is 0 Å². The zero-order chi connectivity index (χ0) is 12.7. The van der Waals surface area contributed by atoms with Crippen LogP contribution >= 0.6 is 15.9 Å². The van der Waals surface area contributed by atoms with Crippen LogP contribution in [0.3, 0.4) is 0 Å². The van der Waals surface area contributed by atoms with Gasteiger partial charge in [-0.1, -0.05) is 15.9 Å². The van der Waals surface area contributed by atoms with E-state index in [2.05, 4.69) is 15.9 Å². The molecule has 0 aromatic heterocycles. The van der Waals surface area contributed by atoms with Gasteiger partial charge in [0, 0.05) is 23.8 Å². The molecule has 0 unspecified atom stereocenters. The fraction of sp³-hybridized carbons (Fsp3) is 0.538. The summed E-state index contributed by atoms with van der Waals surface area (Å²) >= 11 is 3.38. The molecular formula is C13H19BrO3. The molecule has 1 N–H and O–H groups in total. The van der Waals surface area contributed by atoms with Gasteiger partial charge in [0.1, 0.15) is 5.75 Å². The summed E-state index contributed by atoms with van der Waals surface area (Å²) in [6, 6.07) is 5.67. The lowest BCUT2D eigenvalue weighted by Gasteiger charge is -2.13. The molecule has 1 atom stereocenters. The summed E-state index contributed by atoms with van der Waals surface area (Å²) in [4.78, 5) is 0. The van der Waals surface area contributed by atoms with E-state index in [0.717, 1.165) is 35.2 Å². The highest BCUT2D eigenvalue weighted by Gasteiger charge is 2.09. The average molecular weight is 303 g/mol. The molecule has 1 aromatic carbocycles. The van der Waals surface area contributed by atoms with Crippen LogP contribution in [0, 0.1) is 0 Å². The standard InChI is InChI=1S/C13H19BrO3/c1-10(15)12-9-11(14)5-6-13(12)17-8-4-3-7-16-2/h5-6,9-10,15H,3-4,7-8H2,1-2H3/t10-/m0/s1. The van der Waals surface area contributed by atoms with Gasteiger partial charge in [-0.25, -0.2) is 0 Å². The molecule has 4 heteroatoms. The smallest absolute Gasteiger partial charge is 0.125 e. The second kappa shape index (κ2) is 7.69. The Labute approximate surface area is 111 Å². The quantitative estimate of drug-likeness (QED) is 0.785.